The zero-order chi connectivity index (χ0) is 11.8. The Balaban J connectivity index is 2.35. The molecule has 1 fully saturated rings. The first-order chi connectivity index (χ1) is 7.58. The van der Waals surface area contributed by atoms with Gasteiger partial charge in [-0.1, -0.05) is 18.1 Å². The fourth-order valence-electron chi connectivity index (χ4n) is 2.16. The lowest BCUT2D eigenvalue weighted by molar-refractivity contribution is -0.152. The monoisotopic (exact) mass is 216 g/mol. The number of hydrogen-bond donors (Lipinski definition) is 2. The zero-order valence-electron chi connectivity index (χ0n) is 8.68. The van der Waals surface area contributed by atoms with Crippen LogP contribution in [0.4, 0.5) is 0 Å². The maximum atomic E-state index is 11.3. The van der Waals surface area contributed by atoms with E-state index >= 15 is 0 Å². The van der Waals surface area contributed by atoms with E-state index in [1.807, 2.05) is 0 Å². The van der Waals surface area contributed by atoms with Crippen LogP contribution in [0.25, 0.3) is 0 Å². The number of hydrogen-bond acceptors (Lipinski definition) is 2. The molecule has 0 unspecified atom stereocenters. The Morgan fingerprint density at radius 1 is 1.38 bits per heavy atom. The molecule has 0 amide bonds. The molecule has 0 bridgehead atoms. The van der Waals surface area contributed by atoms with Gasteiger partial charge in [0.1, 0.15) is 0 Å². The lowest BCUT2D eigenvalue weighted by Gasteiger charge is -2.42. The van der Waals surface area contributed by atoms with Crippen molar-refractivity contribution in [1.29, 1.82) is 0 Å². The van der Waals surface area contributed by atoms with Crippen LogP contribution in [0.1, 0.15) is 24.0 Å². The quantitative estimate of drug-likeness (QED) is 0.729. The standard InChI is InChI=1S/C13H12O3/c1-2-9-3-5-10(6-4-9)13(12(15)16)7-11(14)8-13/h1,3-6,11,14H,7-8H2,(H,15,16). The van der Waals surface area contributed by atoms with E-state index < -0.39 is 17.5 Å². The fourth-order valence-corrected chi connectivity index (χ4v) is 2.16. The first-order valence-corrected chi connectivity index (χ1v) is 5.07. The molecule has 82 valence electrons. The van der Waals surface area contributed by atoms with Crippen molar-refractivity contribution in [3.05, 3.63) is 35.4 Å². The summed E-state index contributed by atoms with van der Waals surface area (Å²) in [6.07, 6.45) is 5.27. The van der Waals surface area contributed by atoms with Crippen molar-refractivity contribution < 1.29 is 15.0 Å². The first-order valence-electron chi connectivity index (χ1n) is 5.07. The van der Waals surface area contributed by atoms with Gasteiger partial charge in [0.15, 0.2) is 0 Å². The molecule has 0 spiro atoms. The third-order valence-corrected chi connectivity index (χ3v) is 3.18. The molecule has 0 heterocycles. The largest absolute Gasteiger partial charge is 0.481 e. The Kier molecular flexibility index (Phi) is 2.45. The number of aliphatic hydroxyl groups excluding tert-OH is 1. The highest BCUT2D eigenvalue weighted by molar-refractivity contribution is 5.83. The van der Waals surface area contributed by atoms with E-state index in [0.717, 1.165) is 5.56 Å². The lowest BCUT2D eigenvalue weighted by Crippen LogP contribution is -2.50. The van der Waals surface area contributed by atoms with Crippen molar-refractivity contribution in [2.24, 2.45) is 0 Å². The van der Waals surface area contributed by atoms with E-state index in [1.165, 1.54) is 0 Å². The van der Waals surface area contributed by atoms with E-state index in [2.05, 4.69) is 5.92 Å². The van der Waals surface area contributed by atoms with Gasteiger partial charge in [-0.2, -0.15) is 0 Å². The highest BCUT2D eigenvalue weighted by Gasteiger charge is 2.51. The van der Waals surface area contributed by atoms with Crippen molar-refractivity contribution in [2.45, 2.75) is 24.4 Å². The number of benzene rings is 1. The number of aliphatic carboxylic acids is 1. The molecule has 0 aromatic heterocycles. The summed E-state index contributed by atoms with van der Waals surface area (Å²) in [5.74, 6) is 1.60. The van der Waals surface area contributed by atoms with Crippen LogP contribution in [-0.2, 0) is 10.2 Å². The van der Waals surface area contributed by atoms with Gasteiger partial charge in [-0.3, -0.25) is 4.79 Å². The number of carboxylic acids is 1. The van der Waals surface area contributed by atoms with Gasteiger partial charge in [0.2, 0.25) is 0 Å². The molecule has 16 heavy (non-hydrogen) atoms. The molecule has 1 aromatic carbocycles. The maximum Gasteiger partial charge on any atom is 0.314 e. The van der Waals surface area contributed by atoms with Gasteiger partial charge in [-0.25, -0.2) is 0 Å². The number of aliphatic hydroxyl groups is 1. The predicted molar refractivity (Wildman–Crippen MR) is 58.9 cm³/mol. The highest BCUT2D eigenvalue weighted by atomic mass is 16.4. The molecule has 1 aliphatic rings. The predicted octanol–water partition coefficient (Wildman–Crippen LogP) is 1.15. The van der Waals surface area contributed by atoms with E-state index in [0.29, 0.717) is 5.56 Å². The average Bonchev–Trinajstić information content (AvgIpc) is 2.24. The van der Waals surface area contributed by atoms with Crippen molar-refractivity contribution in [1.82, 2.24) is 0 Å². The third kappa shape index (κ3) is 1.48. The maximum absolute atomic E-state index is 11.3. The van der Waals surface area contributed by atoms with Gasteiger partial charge in [-0.05, 0) is 30.5 Å². The van der Waals surface area contributed by atoms with Gasteiger partial charge in [-0.15, -0.1) is 6.42 Å². The highest BCUT2D eigenvalue weighted by Crippen LogP contribution is 2.44. The molecule has 0 aliphatic heterocycles. The molecule has 0 radical (unpaired) electrons. The van der Waals surface area contributed by atoms with Crippen LogP contribution >= 0.6 is 0 Å². The minimum atomic E-state index is -0.924. The van der Waals surface area contributed by atoms with Crippen molar-refractivity contribution >= 4 is 5.97 Å². The summed E-state index contributed by atoms with van der Waals surface area (Å²) in [5, 5.41) is 18.5. The van der Waals surface area contributed by atoms with Gasteiger partial charge < -0.3 is 10.2 Å². The molecular formula is C13H12O3. The van der Waals surface area contributed by atoms with Crippen LogP contribution in [0, 0.1) is 12.3 Å². The molecule has 1 aliphatic carbocycles. The summed E-state index contributed by atoms with van der Waals surface area (Å²) in [7, 11) is 0. The first kappa shape index (κ1) is 10.7. The van der Waals surface area contributed by atoms with Crippen molar-refractivity contribution in [3.8, 4) is 12.3 Å². The second kappa shape index (κ2) is 3.66. The van der Waals surface area contributed by atoms with Crippen molar-refractivity contribution in [2.75, 3.05) is 0 Å². The van der Waals surface area contributed by atoms with E-state index in [-0.39, 0.29) is 12.8 Å². The van der Waals surface area contributed by atoms with Crippen LogP contribution in [0.15, 0.2) is 24.3 Å². The molecule has 1 aromatic rings. The van der Waals surface area contributed by atoms with Gasteiger partial charge in [0, 0.05) is 5.56 Å². The van der Waals surface area contributed by atoms with Crippen LogP contribution in [-0.4, -0.2) is 22.3 Å². The summed E-state index contributed by atoms with van der Waals surface area (Å²) < 4.78 is 0. The van der Waals surface area contributed by atoms with E-state index in [9.17, 15) is 15.0 Å². The van der Waals surface area contributed by atoms with Gasteiger partial charge in [0.25, 0.3) is 0 Å². The Morgan fingerprint density at radius 2 is 1.94 bits per heavy atom. The normalized spacial score (nSPS) is 27.9. The summed E-state index contributed by atoms with van der Waals surface area (Å²) in [6, 6.07) is 6.92. The number of terminal acetylenes is 1. The second-order valence-corrected chi connectivity index (χ2v) is 4.17. The Labute approximate surface area is 93.7 Å². The molecule has 3 nitrogen and oxygen atoms in total. The van der Waals surface area contributed by atoms with Crippen LogP contribution in [0.3, 0.4) is 0 Å². The average molecular weight is 216 g/mol. The molecule has 3 heteroatoms. The Morgan fingerprint density at radius 3 is 2.31 bits per heavy atom. The molecule has 2 rings (SSSR count). The van der Waals surface area contributed by atoms with Crippen LogP contribution in [0.2, 0.25) is 0 Å². The topological polar surface area (TPSA) is 57.5 Å². The summed E-state index contributed by atoms with van der Waals surface area (Å²) in [6.45, 7) is 0. The Hall–Kier alpha value is -1.79. The lowest BCUT2D eigenvalue weighted by atomic mass is 9.62. The number of rotatable bonds is 2. The summed E-state index contributed by atoms with van der Waals surface area (Å²) in [5.41, 5.74) is 0.514. The summed E-state index contributed by atoms with van der Waals surface area (Å²) >= 11 is 0. The third-order valence-electron chi connectivity index (χ3n) is 3.18. The minimum Gasteiger partial charge on any atom is -0.481 e. The molecule has 0 saturated heterocycles. The molecule has 2 N–H and O–H groups in total. The van der Waals surface area contributed by atoms with Gasteiger partial charge in [0.05, 0.1) is 11.5 Å². The SMILES string of the molecule is C#Cc1ccc(C2(C(=O)O)CC(O)C2)cc1. The smallest absolute Gasteiger partial charge is 0.314 e. The molecule has 0 atom stereocenters. The second-order valence-electron chi connectivity index (χ2n) is 4.17. The molecular weight excluding hydrogens is 204 g/mol. The number of carboxylic acid groups (broad SMARTS) is 1. The zero-order valence-corrected chi connectivity index (χ0v) is 8.68. The van der Waals surface area contributed by atoms with Crippen LogP contribution < -0.4 is 0 Å². The molecule has 1 saturated carbocycles. The van der Waals surface area contributed by atoms with Gasteiger partial charge >= 0.3 is 5.97 Å². The Bertz CT molecular complexity index is 447. The minimum absolute atomic E-state index is 0.276. The van der Waals surface area contributed by atoms with Crippen molar-refractivity contribution in [3.63, 3.8) is 0 Å². The fraction of sp³-hybridized carbons (Fsp3) is 0.308. The van der Waals surface area contributed by atoms with E-state index in [1.54, 1.807) is 24.3 Å². The summed E-state index contributed by atoms with van der Waals surface area (Å²) in [4.78, 5) is 11.3. The van der Waals surface area contributed by atoms with E-state index in [4.69, 9.17) is 6.42 Å². The van der Waals surface area contributed by atoms with Crippen LogP contribution in [0.5, 0.6) is 0 Å². The number of carbonyl (C=O) groups is 1.